The minimum atomic E-state index is -4.46. The van der Waals surface area contributed by atoms with Crippen LogP contribution in [0.15, 0.2) is 18.3 Å². The summed E-state index contributed by atoms with van der Waals surface area (Å²) in [5.74, 6) is -0.420. The van der Waals surface area contributed by atoms with Crippen LogP contribution < -0.4 is 5.32 Å². The van der Waals surface area contributed by atoms with Crippen molar-refractivity contribution >= 4 is 11.6 Å². The maximum atomic E-state index is 12.8. The number of halogens is 3. The van der Waals surface area contributed by atoms with E-state index in [1.165, 1.54) is 10.5 Å². The fourth-order valence-electron chi connectivity index (χ4n) is 1.99. The Morgan fingerprint density at radius 3 is 2.60 bits per heavy atom. The number of imidazole rings is 1. The lowest BCUT2D eigenvalue weighted by Gasteiger charge is -2.08. The molecule has 108 valence electrons. The van der Waals surface area contributed by atoms with Crippen molar-refractivity contribution in [2.45, 2.75) is 26.4 Å². The first-order valence-corrected chi connectivity index (χ1v) is 6.24. The summed E-state index contributed by atoms with van der Waals surface area (Å²) in [7, 11) is 0. The molecule has 0 aromatic carbocycles. The lowest BCUT2D eigenvalue weighted by atomic mass is 10.2. The van der Waals surface area contributed by atoms with Crippen LogP contribution in [0.25, 0.3) is 5.65 Å². The lowest BCUT2D eigenvalue weighted by molar-refractivity contribution is -0.137. The average Bonchev–Trinajstić information content (AvgIpc) is 2.75. The molecule has 4 nitrogen and oxygen atoms in total. The quantitative estimate of drug-likeness (QED) is 0.942. The van der Waals surface area contributed by atoms with E-state index in [-0.39, 0.29) is 5.69 Å². The molecule has 1 N–H and O–H groups in total. The predicted octanol–water partition coefficient (Wildman–Crippen LogP) is 2.67. The number of aromatic nitrogens is 2. The Kier molecular flexibility index (Phi) is 3.69. The normalized spacial score (nSPS) is 11.8. The van der Waals surface area contributed by atoms with Gasteiger partial charge in [-0.1, -0.05) is 6.92 Å². The smallest absolute Gasteiger partial charge is 0.351 e. The molecule has 7 heteroatoms. The number of hydrogen-bond acceptors (Lipinski definition) is 2. The molecule has 0 radical (unpaired) electrons. The molecule has 2 aromatic rings. The average molecular weight is 285 g/mol. The molecule has 0 spiro atoms. The van der Waals surface area contributed by atoms with Gasteiger partial charge in [-0.05, 0) is 25.5 Å². The van der Waals surface area contributed by atoms with Gasteiger partial charge in [0.15, 0.2) is 0 Å². The Bertz CT molecular complexity index is 646. The van der Waals surface area contributed by atoms with E-state index < -0.39 is 17.6 Å². The Balaban J connectivity index is 2.66. The zero-order chi connectivity index (χ0) is 14.9. The second-order valence-electron chi connectivity index (χ2n) is 4.26. The number of rotatable bonds is 3. The van der Waals surface area contributed by atoms with Gasteiger partial charge < -0.3 is 5.32 Å². The van der Waals surface area contributed by atoms with Crippen molar-refractivity contribution in [2.75, 3.05) is 6.54 Å². The summed E-state index contributed by atoms with van der Waals surface area (Å²) in [5, 5.41) is 2.59. The van der Waals surface area contributed by atoms with Gasteiger partial charge in [0, 0.05) is 12.7 Å². The highest BCUT2D eigenvalue weighted by Gasteiger charge is 2.31. The summed E-state index contributed by atoms with van der Waals surface area (Å²) in [6.45, 7) is 3.94. The number of nitrogens with one attached hydrogen (secondary N) is 1. The molecule has 0 bridgehead atoms. The van der Waals surface area contributed by atoms with Crippen LogP contribution in [-0.4, -0.2) is 21.8 Å². The number of carbonyl (C=O) groups is 1. The molecule has 0 saturated carbocycles. The van der Waals surface area contributed by atoms with Gasteiger partial charge in [-0.15, -0.1) is 0 Å². The second-order valence-corrected chi connectivity index (χ2v) is 4.26. The van der Waals surface area contributed by atoms with Crippen LogP contribution in [-0.2, 0) is 12.6 Å². The molecular formula is C13H14F3N3O. The SMILES string of the molecule is CCNC(=O)c1c(CC)nc2ccc(C(F)(F)F)cn12. The zero-order valence-electron chi connectivity index (χ0n) is 11.1. The number of alkyl halides is 3. The summed E-state index contributed by atoms with van der Waals surface area (Å²) in [6, 6.07) is 2.23. The minimum Gasteiger partial charge on any atom is -0.351 e. The molecule has 2 heterocycles. The van der Waals surface area contributed by atoms with Crippen LogP contribution in [0.1, 0.15) is 35.6 Å². The third kappa shape index (κ3) is 2.48. The molecule has 0 unspecified atom stereocenters. The van der Waals surface area contributed by atoms with Crippen molar-refractivity contribution in [2.24, 2.45) is 0 Å². The van der Waals surface area contributed by atoms with E-state index in [4.69, 9.17) is 0 Å². The van der Waals surface area contributed by atoms with Crippen LogP contribution in [0, 0.1) is 0 Å². The van der Waals surface area contributed by atoms with Crippen LogP contribution in [0.5, 0.6) is 0 Å². The third-order valence-electron chi connectivity index (χ3n) is 2.91. The Morgan fingerprint density at radius 2 is 2.05 bits per heavy atom. The van der Waals surface area contributed by atoms with E-state index in [0.29, 0.717) is 24.3 Å². The maximum Gasteiger partial charge on any atom is 0.417 e. The predicted molar refractivity (Wildman–Crippen MR) is 67.6 cm³/mol. The molecule has 2 rings (SSSR count). The van der Waals surface area contributed by atoms with Crippen LogP contribution >= 0.6 is 0 Å². The minimum absolute atomic E-state index is 0.162. The molecule has 0 aliphatic carbocycles. The van der Waals surface area contributed by atoms with E-state index in [9.17, 15) is 18.0 Å². The maximum absolute atomic E-state index is 12.8. The molecule has 0 atom stereocenters. The fourth-order valence-corrected chi connectivity index (χ4v) is 1.99. The molecule has 0 fully saturated rings. The number of fused-ring (bicyclic) bond motifs is 1. The number of pyridine rings is 1. The number of amides is 1. The van der Waals surface area contributed by atoms with E-state index >= 15 is 0 Å². The molecule has 0 saturated heterocycles. The summed E-state index contributed by atoms with van der Waals surface area (Å²) in [5.41, 5.74) is 0.164. The number of aryl methyl sites for hydroxylation is 1. The topological polar surface area (TPSA) is 46.4 Å². The zero-order valence-corrected chi connectivity index (χ0v) is 11.1. The van der Waals surface area contributed by atoms with Crippen molar-refractivity contribution in [3.63, 3.8) is 0 Å². The van der Waals surface area contributed by atoms with E-state index in [1.54, 1.807) is 13.8 Å². The van der Waals surface area contributed by atoms with E-state index in [1.807, 2.05) is 0 Å². The van der Waals surface area contributed by atoms with Crippen molar-refractivity contribution in [3.8, 4) is 0 Å². The van der Waals surface area contributed by atoms with Crippen LogP contribution in [0.2, 0.25) is 0 Å². The molecule has 0 aliphatic heterocycles. The van der Waals surface area contributed by atoms with Crippen molar-refractivity contribution in [3.05, 3.63) is 35.3 Å². The first kappa shape index (κ1) is 14.4. The first-order chi connectivity index (χ1) is 9.38. The monoisotopic (exact) mass is 285 g/mol. The number of carbonyl (C=O) groups excluding carboxylic acids is 1. The summed E-state index contributed by atoms with van der Waals surface area (Å²) in [6.07, 6.45) is -3.08. The number of nitrogens with zero attached hydrogens (tertiary/aromatic N) is 2. The van der Waals surface area contributed by atoms with E-state index in [2.05, 4.69) is 10.3 Å². The second kappa shape index (κ2) is 5.15. The van der Waals surface area contributed by atoms with Gasteiger partial charge in [-0.2, -0.15) is 13.2 Å². The van der Waals surface area contributed by atoms with Gasteiger partial charge in [0.2, 0.25) is 0 Å². The standard InChI is InChI=1S/C13H14F3N3O/c1-3-9-11(12(20)17-4-2)19-7-8(13(14,15)16)5-6-10(19)18-9/h5-7H,3-4H2,1-2H3,(H,17,20). The third-order valence-corrected chi connectivity index (χ3v) is 2.91. The Hall–Kier alpha value is -2.05. The highest BCUT2D eigenvalue weighted by molar-refractivity contribution is 5.94. The molecule has 0 aliphatic rings. The molecule has 20 heavy (non-hydrogen) atoms. The summed E-state index contributed by atoms with van der Waals surface area (Å²) < 4.78 is 39.5. The van der Waals surface area contributed by atoms with Gasteiger partial charge in [-0.3, -0.25) is 9.20 Å². The van der Waals surface area contributed by atoms with Crippen molar-refractivity contribution in [1.29, 1.82) is 0 Å². The summed E-state index contributed by atoms with van der Waals surface area (Å²) >= 11 is 0. The fraction of sp³-hybridized carbons (Fsp3) is 0.385. The highest BCUT2D eigenvalue weighted by Crippen LogP contribution is 2.29. The van der Waals surface area contributed by atoms with Gasteiger partial charge in [0.05, 0.1) is 11.3 Å². The van der Waals surface area contributed by atoms with Crippen molar-refractivity contribution < 1.29 is 18.0 Å². The first-order valence-electron chi connectivity index (χ1n) is 6.24. The van der Waals surface area contributed by atoms with E-state index in [0.717, 1.165) is 12.3 Å². The van der Waals surface area contributed by atoms with Gasteiger partial charge in [0.25, 0.3) is 5.91 Å². The Morgan fingerprint density at radius 1 is 1.35 bits per heavy atom. The molecule has 1 amide bonds. The lowest BCUT2D eigenvalue weighted by Crippen LogP contribution is -2.25. The summed E-state index contributed by atoms with van der Waals surface area (Å²) in [4.78, 5) is 16.2. The van der Waals surface area contributed by atoms with Crippen LogP contribution in [0.3, 0.4) is 0 Å². The Labute approximate surface area is 113 Å². The molecule has 2 aromatic heterocycles. The van der Waals surface area contributed by atoms with Crippen LogP contribution in [0.4, 0.5) is 13.2 Å². The largest absolute Gasteiger partial charge is 0.417 e. The van der Waals surface area contributed by atoms with Gasteiger partial charge in [0.1, 0.15) is 11.3 Å². The molecular weight excluding hydrogens is 271 g/mol. The van der Waals surface area contributed by atoms with Gasteiger partial charge in [-0.25, -0.2) is 4.98 Å². The highest BCUT2D eigenvalue weighted by atomic mass is 19.4. The van der Waals surface area contributed by atoms with Gasteiger partial charge >= 0.3 is 6.18 Å². The number of hydrogen-bond donors (Lipinski definition) is 1. The van der Waals surface area contributed by atoms with Crippen molar-refractivity contribution in [1.82, 2.24) is 14.7 Å².